The van der Waals surface area contributed by atoms with Crippen LogP contribution in [0.15, 0.2) is 48.5 Å². The van der Waals surface area contributed by atoms with Crippen LogP contribution in [0.4, 0.5) is 10.5 Å². The molecule has 2 amide bonds. The smallest absolute Gasteiger partial charge is 0.335 e. The molecular weight excluding hydrogens is 308 g/mol. The number of aromatic carboxylic acids is 1. The lowest BCUT2D eigenvalue weighted by atomic mass is 10.2. The lowest BCUT2D eigenvalue weighted by Gasteiger charge is -2.09. The van der Waals surface area contributed by atoms with Gasteiger partial charge in [0.2, 0.25) is 0 Å². The highest BCUT2D eigenvalue weighted by Crippen LogP contribution is 2.15. The molecule has 0 aliphatic carbocycles. The number of nitrogens with one attached hydrogen (secondary N) is 2. The summed E-state index contributed by atoms with van der Waals surface area (Å²) in [7, 11) is 0. The van der Waals surface area contributed by atoms with Gasteiger partial charge in [0.05, 0.1) is 5.56 Å². The molecule has 2 rings (SSSR count). The zero-order valence-corrected chi connectivity index (χ0v) is 12.1. The summed E-state index contributed by atoms with van der Waals surface area (Å²) < 4.78 is 5.31. The van der Waals surface area contributed by atoms with E-state index in [1.807, 2.05) is 0 Å². The third kappa shape index (κ3) is 4.68. The lowest BCUT2D eigenvalue weighted by molar-refractivity contribution is 0.0697. The fourth-order valence-corrected chi connectivity index (χ4v) is 1.75. The maximum Gasteiger partial charge on any atom is 0.335 e. The van der Waals surface area contributed by atoms with E-state index in [-0.39, 0.29) is 12.3 Å². The van der Waals surface area contributed by atoms with Crippen LogP contribution in [-0.2, 0) is 0 Å². The van der Waals surface area contributed by atoms with Crippen LogP contribution in [0.25, 0.3) is 0 Å². The van der Waals surface area contributed by atoms with Gasteiger partial charge in [0, 0.05) is 10.7 Å². The Hall–Kier alpha value is -2.73. The molecular formula is C15H13ClN2O4. The van der Waals surface area contributed by atoms with Crippen molar-refractivity contribution < 1.29 is 19.4 Å². The fraction of sp³-hybridized carbons (Fsp3) is 0.0667. The predicted molar refractivity (Wildman–Crippen MR) is 82.5 cm³/mol. The Morgan fingerprint density at radius 3 is 2.55 bits per heavy atom. The van der Waals surface area contributed by atoms with Crippen LogP contribution in [0.2, 0.25) is 5.02 Å². The molecule has 2 aromatic carbocycles. The van der Waals surface area contributed by atoms with Gasteiger partial charge in [-0.2, -0.15) is 0 Å². The van der Waals surface area contributed by atoms with Crippen LogP contribution in [0.1, 0.15) is 10.4 Å². The number of rotatable bonds is 5. The maximum absolute atomic E-state index is 11.7. The van der Waals surface area contributed by atoms with Crippen molar-refractivity contribution in [3.63, 3.8) is 0 Å². The minimum Gasteiger partial charge on any atom is -0.478 e. The van der Waals surface area contributed by atoms with Crippen LogP contribution in [0.3, 0.4) is 0 Å². The van der Waals surface area contributed by atoms with E-state index in [9.17, 15) is 9.59 Å². The molecule has 0 saturated carbocycles. The van der Waals surface area contributed by atoms with Gasteiger partial charge in [-0.1, -0.05) is 17.7 Å². The van der Waals surface area contributed by atoms with Gasteiger partial charge >= 0.3 is 12.0 Å². The van der Waals surface area contributed by atoms with Crippen LogP contribution in [-0.4, -0.2) is 23.8 Å². The van der Waals surface area contributed by atoms with E-state index in [2.05, 4.69) is 10.6 Å². The molecule has 0 saturated heterocycles. The van der Waals surface area contributed by atoms with Crippen molar-refractivity contribution >= 4 is 29.3 Å². The summed E-state index contributed by atoms with van der Waals surface area (Å²) in [6, 6.07) is 12.1. The number of hydrogen-bond acceptors (Lipinski definition) is 3. The highest BCUT2D eigenvalue weighted by molar-refractivity contribution is 6.30. The quantitative estimate of drug-likeness (QED) is 0.738. The van der Waals surface area contributed by atoms with Gasteiger partial charge in [-0.15, -0.1) is 0 Å². The molecule has 0 atom stereocenters. The maximum atomic E-state index is 11.7. The molecule has 114 valence electrons. The van der Waals surface area contributed by atoms with Gasteiger partial charge < -0.3 is 20.5 Å². The molecule has 3 N–H and O–H groups in total. The highest BCUT2D eigenvalue weighted by Gasteiger charge is 2.05. The van der Waals surface area contributed by atoms with E-state index in [4.69, 9.17) is 21.4 Å². The number of ether oxygens (including phenoxy) is 1. The van der Waals surface area contributed by atoms with Gasteiger partial charge in [-0.05, 0) is 42.5 Å². The van der Waals surface area contributed by atoms with Crippen LogP contribution in [0.5, 0.6) is 5.75 Å². The molecule has 0 aliphatic heterocycles. The van der Waals surface area contributed by atoms with E-state index < -0.39 is 12.0 Å². The first-order valence-corrected chi connectivity index (χ1v) is 6.69. The molecule has 0 radical (unpaired) electrons. The minimum atomic E-state index is -1.06. The molecule has 0 aromatic heterocycles. The average Bonchev–Trinajstić information content (AvgIpc) is 2.49. The monoisotopic (exact) mass is 320 g/mol. The molecule has 7 heteroatoms. The van der Waals surface area contributed by atoms with Crippen molar-refractivity contribution in [2.24, 2.45) is 0 Å². The number of benzene rings is 2. The number of hydrogen-bond donors (Lipinski definition) is 3. The van der Waals surface area contributed by atoms with Crippen molar-refractivity contribution in [1.82, 2.24) is 5.32 Å². The van der Waals surface area contributed by atoms with Crippen LogP contribution in [0, 0.1) is 0 Å². The zero-order valence-electron chi connectivity index (χ0n) is 11.4. The number of carboxylic acid groups (broad SMARTS) is 1. The number of carbonyl (C=O) groups is 2. The number of carbonyl (C=O) groups excluding carboxylic acids is 1. The van der Waals surface area contributed by atoms with Gasteiger partial charge in [0.1, 0.15) is 5.75 Å². The summed E-state index contributed by atoms with van der Waals surface area (Å²) in [6.07, 6.45) is 0. The van der Waals surface area contributed by atoms with Crippen molar-refractivity contribution in [1.29, 1.82) is 0 Å². The summed E-state index contributed by atoms with van der Waals surface area (Å²) in [6.45, 7) is -0.0356. The molecule has 0 heterocycles. The first-order valence-electron chi connectivity index (χ1n) is 6.31. The van der Waals surface area contributed by atoms with Gasteiger partial charge in [-0.25, -0.2) is 9.59 Å². The third-order valence-corrected chi connectivity index (χ3v) is 2.90. The number of urea groups is 1. The summed E-state index contributed by atoms with van der Waals surface area (Å²) in [5.74, 6) is -0.493. The summed E-state index contributed by atoms with van der Waals surface area (Å²) >= 11 is 5.74. The molecule has 0 spiro atoms. The summed E-state index contributed by atoms with van der Waals surface area (Å²) in [5.41, 5.74) is 0.471. The summed E-state index contributed by atoms with van der Waals surface area (Å²) in [5, 5.41) is 14.5. The Kier molecular flexibility index (Phi) is 5.21. The second-order valence-corrected chi connectivity index (χ2v) is 4.70. The van der Waals surface area contributed by atoms with E-state index in [1.165, 1.54) is 12.1 Å². The zero-order chi connectivity index (χ0) is 15.9. The van der Waals surface area contributed by atoms with Crippen LogP contribution >= 0.6 is 11.6 Å². The van der Waals surface area contributed by atoms with Gasteiger partial charge in [0.25, 0.3) is 0 Å². The van der Waals surface area contributed by atoms with Crippen molar-refractivity contribution in [3.05, 3.63) is 59.1 Å². The number of halogens is 1. The Bertz CT molecular complexity index is 673. The normalized spacial score (nSPS) is 9.86. The predicted octanol–water partition coefficient (Wildman–Crippen LogP) is 3.20. The molecule has 2 aromatic rings. The number of carboxylic acids is 1. The first-order chi connectivity index (χ1) is 10.5. The lowest BCUT2D eigenvalue weighted by Crippen LogP contribution is -2.32. The SMILES string of the molecule is O=C(NCOc1ccc(Cl)cc1)Nc1cccc(C(=O)O)c1. The molecule has 22 heavy (non-hydrogen) atoms. The second kappa shape index (κ2) is 7.33. The number of amides is 2. The average molecular weight is 321 g/mol. The standard InChI is InChI=1S/C15H13ClN2O4/c16-11-4-6-13(7-5-11)22-9-17-15(21)18-12-3-1-2-10(8-12)14(19)20/h1-8H,9H2,(H,19,20)(H2,17,18,21). The van der Waals surface area contributed by atoms with Gasteiger partial charge in [-0.3, -0.25) is 0 Å². The summed E-state index contributed by atoms with van der Waals surface area (Å²) in [4.78, 5) is 22.5. The Morgan fingerprint density at radius 2 is 1.86 bits per heavy atom. The van der Waals surface area contributed by atoms with E-state index in [0.717, 1.165) is 0 Å². The Labute approximate surface area is 131 Å². The molecule has 0 fully saturated rings. The Balaban J connectivity index is 1.81. The van der Waals surface area contributed by atoms with Gasteiger partial charge in [0.15, 0.2) is 6.73 Å². The molecule has 0 unspecified atom stereocenters. The molecule has 0 aliphatic rings. The van der Waals surface area contributed by atoms with Crippen molar-refractivity contribution in [2.75, 3.05) is 12.0 Å². The molecule has 0 bridgehead atoms. The minimum absolute atomic E-state index is 0.0356. The highest BCUT2D eigenvalue weighted by atomic mass is 35.5. The van der Waals surface area contributed by atoms with Crippen molar-refractivity contribution in [3.8, 4) is 5.75 Å². The van der Waals surface area contributed by atoms with Crippen LogP contribution < -0.4 is 15.4 Å². The first kappa shape index (κ1) is 15.7. The second-order valence-electron chi connectivity index (χ2n) is 4.26. The Morgan fingerprint density at radius 1 is 1.14 bits per heavy atom. The largest absolute Gasteiger partial charge is 0.478 e. The third-order valence-electron chi connectivity index (χ3n) is 2.65. The van der Waals surface area contributed by atoms with E-state index >= 15 is 0 Å². The number of anilines is 1. The van der Waals surface area contributed by atoms with Crippen molar-refractivity contribution in [2.45, 2.75) is 0 Å². The van der Waals surface area contributed by atoms with E-state index in [0.29, 0.717) is 16.5 Å². The molecule has 6 nitrogen and oxygen atoms in total. The van der Waals surface area contributed by atoms with E-state index in [1.54, 1.807) is 36.4 Å². The topological polar surface area (TPSA) is 87.7 Å². The fourth-order valence-electron chi connectivity index (χ4n) is 1.62.